The van der Waals surface area contributed by atoms with Crippen LogP contribution in [0.3, 0.4) is 0 Å². The molecule has 0 radical (unpaired) electrons. The van der Waals surface area contributed by atoms with E-state index in [1.54, 1.807) is 10.7 Å². The number of aromatic nitrogens is 4. The Morgan fingerprint density at radius 3 is 2.63 bits per heavy atom. The number of ether oxygens (including phenoxy) is 1. The molecule has 0 N–H and O–H groups in total. The molecule has 2 aromatic heterocycles. The molecule has 0 fully saturated rings. The van der Waals surface area contributed by atoms with Gasteiger partial charge in [-0.3, -0.25) is 4.98 Å². The van der Waals surface area contributed by atoms with Crippen molar-refractivity contribution in [2.45, 2.75) is 58.6 Å². The number of nitrogens with zero attached hydrogens (tertiary/aromatic N) is 4. The van der Waals surface area contributed by atoms with E-state index < -0.39 is 0 Å². The predicted molar refractivity (Wildman–Crippen MR) is 105 cm³/mol. The largest absolute Gasteiger partial charge is 0.691 e. The lowest BCUT2D eigenvalue weighted by Crippen LogP contribution is -2.29. The Morgan fingerprint density at radius 2 is 1.74 bits per heavy atom. The molecule has 2 heterocycles. The second-order valence-corrected chi connectivity index (χ2v) is 6.85. The summed E-state index contributed by atoms with van der Waals surface area (Å²) in [6, 6.07) is 13.3. The number of benzene rings is 1. The van der Waals surface area contributed by atoms with Gasteiger partial charge in [-0.05, 0) is 30.7 Å². The van der Waals surface area contributed by atoms with Gasteiger partial charge in [0.1, 0.15) is 0 Å². The van der Waals surface area contributed by atoms with Crippen LogP contribution in [0.2, 0.25) is 0 Å². The summed E-state index contributed by atoms with van der Waals surface area (Å²) in [7, 11) is 0. The predicted octanol–water partition coefficient (Wildman–Crippen LogP) is 3.99. The number of fused-ring (bicyclic) bond motifs is 1. The van der Waals surface area contributed by atoms with Crippen molar-refractivity contribution < 1.29 is 9.58 Å². The van der Waals surface area contributed by atoms with Gasteiger partial charge in [0.25, 0.3) is 0 Å². The molecule has 0 bridgehead atoms. The zero-order chi connectivity index (χ0) is 18.9. The maximum absolute atomic E-state index is 11.9. The van der Waals surface area contributed by atoms with Gasteiger partial charge in [0.2, 0.25) is 5.52 Å². The summed E-state index contributed by atoms with van der Waals surface area (Å²) in [5, 5.41) is 15.9. The first-order valence-corrected chi connectivity index (χ1v) is 9.86. The van der Waals surface area contributed by atoms with Gasteiger partial charge >= 0.3 is 0 Å². The van der Waals surface area contributed by atoms with E-state index in [0.717, 1.165) is 29.9 Å². The fourth-order valence-electron chi connectivity index (χ4n) is 3.17. The molecule has 0 aliphatic rings. The van der Waals surface area contributed by atoms with E-state index in [0.29, 0.717) is 23.5 Å². The summed E-state index contributed by atoms with van der Waals surface area (Å²) in [6.07, 6.45) is 7.56. The maximum atomic E-state index is 11.9. The number of unbranched alkanes of at least 4 members (excludes halogenated alkanes) is 5. The second kappa shape index (κ2) is 10.0. The minimum absolute atomic E-state index is 0.459. The van der Waals surface area contributed by atoms with Crippen LogP contribution < -0.4 is 4.85 Å². The fraction of sp³-hybridized carbons (Fsp3) is 0.476. The Morgan fingerprint density at radius 1 is 0.963 bits per heavy atom. The molecule has 0 aliphatic heterocycles. The van der Waals surface area contributed by atoms with Crippen LogP contribution in [-0.2, 0) is 17.9 Å². The Balaban J connectivity index is 1.50. The molecule has 0 atom stereocenters. The Labute approximate surface area is 160 Å². The summed E-state index contributed by atoms with van der Waals surface area (Å²) in [5.41, 5.74) is 3.14. The van der Waals surface area contributed by atoms with Crippen molar-refractivity contribution >= 4 is 11.0 Å². The lowest BCUT2D eigenvalue weighted by molar-refractivity contribution is -0.646. The van der Waals surface area contributed by atoms with Crippen LogP contribution in [0.15, 0.2) is 42.5 Å². The molecule has 0 amide bonds. The highest BCUT2D eigenvalue weighted by atomic mass is 16.5. The summed E-state index contributed by atoms with van der Waals surface area (Å²) in [5.74, 6) is 0. The number of pyridine rings is 1. The van der Waals surface area contributed by atoms with Gasteiger partial charge in [-0.15, -0.1) is 9.53 Å². The molecule has 3 aromatic rings. The van der Waals surface area contributed by atoms with Gasteiger partial charge in [0.05, 0.1) is 23.2 Å². The van der Waals surface area contributed by atoms with Gasteiger partial charge in [-0.1, -0.05) is 57.2 Å². The number of para-hydroxylation sites is 2. The average Bonchev–Trinajstić information content (AvgIpc) is 3.00. The monoisotopic (exact) mass is 368 g/mol. The van der Waals surface area contributed by atoms with Gasteiger partial charge in [-0.25, -0.2) is 0 Å². The molecular weight excluding hydrogens is 340 g/mol. The zero-order valence-corrected chi connectivity index (χ0v) is 16.0. The number of hydrogen-bond donors (Lipinski definition) is 0. The average molecular weight is 368 g/mol. The summed E-state index contributed by atoms with van der Waals surface area (Å²) in [6.45, 7) is 3.99. The van der Waals surface area contributed by atoms with Crippen LogP contribution in [0.4, 0.5) is 0 Å². The molecule has 0 saturated carbocycles. The van der Waals surface area contributed by atoms with Crippen LogP contribution >= 0.6 is 0 Å². The first-order valence-electron chi connectivity index (χ1n) is 9.86. The van der Waals surface area contributed by atoms with Crippen molar-refractivity contribution in [3.05, 3.63) is 59.1 Å². The van der Waals surface area contributed by atoms with Gasteiger partial charge in [0.15, 0.2) is 12.1 Å². The first-order chi connectivity index (χ1) is 13.3. The highest BCUT2D eigenvalue weighted by Gasteiger charge is 2.14. The van der Waals surface area contributed by atoms with E-state index in [-0.39, 0.29) is 0 Å². The molecule has 6 nitrogen and oxygen atoms in total. The molecule has 0 unspecified atom stereocenters. The Bertz CT molecular complexity index is 847. The molecule has 27 heavy (non-hydrogen) atoms. The van der Waals surface area contributed by atoms with E-state index in [4.69, 9.17) is 4.74 Å². The molecule has 144 valence electrons. The second-order valence-electron chi connectivity index (χ2n) is 6.85. The summed E-state index contributed by atoms with van der Waals surface area (Å²) < 4.78 is 7.45. The number of rotatable bonds is 11. The number of hydrogen-bond acceptors (Lipinski definition) is 4. The van der Waals surface area contributed by atoms with E-state index in [1.807, 2.05) is 36.4 Å². The first kappa shape index (κ1) is 19.3. The SMILES string of the molecule is CCCCCCCCOCc1cccc(Cn2n[n+]([O-])c3ccccc32)n1. The molecule has 6 heteroatoms. The molecule has 3 rings (SSSR count). The molecular formula is C21H28N4O2. The summed E-state index contributed by atoms with van der Waals surface area (Å²) in [4.78, 5) is 5.30. The smallest absolute Gasteiger partial charge is 0.202 e. The van der Waals surface area contributed by atoms with Crippen molar-refractivity contribution in [1.82, 2.24) is 14.9 Å². The molecule has 0 spiro atoms. The minimum Gasteiger partial charge on any atom is -0.691 e. The van der Waals surface area contributed by atoms with Crippen molar-refractivity contribution in [3.63, 3.8) is 0 Å². The lowest BCUT2D eigenvalue weighted by atomic mass is 10.1. The van der Waals surface area contributed by atoms with E-state index in [1.165, 1.54) is 32.1 Å². The van der Waals surface area contributed by atoms with E-state index in [9.17, 15) is 5.21 Å². The van der Waals surface area contributed by atoms with Crippen LogP contribution in [0.5, 0.6) is 0 Å². The fourth-order valence-corrected chi connectivity index (χ4v) is 3.17. The summed E-state index contributed by atoms with van der Waals surface area (Å²) >= 11 is 0. The van der Waals surface area contributed by atoms with E-state index >= 15 is 0 Å². The molecule has 0 saturated heterocycles. The van der Waals surface area contributed by atoms with Crippen LogP contribution in [0.1, 0.15) is 56.8 Å². The van der Waals surface area contributed by atoms with Crippen LogP contribution in [-0.4, -0.2) is 21.5 Å². The van der Waals surface area contributed by atoms with Gasteiger partial charge in [0, 0.05) is 6.61 Å². The lowest BCUT2D eigenvalue weighted by Gasteiger charge is -2.05. The third-order valence-electron chi connectivity index (χ3n) is 4.62. The quantitative estimate of drug-likeness (QED) is 0.292. The maximum Gasteiger partial charge on any atom is 0.202 e. The van der Waals surface area contributed by atoms with Crippen molar-refractivity contribution in [3.8, 4) is 0 Å². The highest BCUT2D eigenvalue weighted by molar-refractivity contribution is 5.70. The minimum atomic E-state index is 0.459. The van der Waals surface area contributed by atoms with Crippen molar-refractivity contribution in [2.24, 2.45) is 0 Å². The van der Waals surface area contributed by atoms with E-state index in [2.05, 4.69) is 17.1 Å². The zero-order valence-electron chi connectivity index (χ0n) is 16.0. The van der Waals surface area contributed by atoms with Crippen LogP contribution in [0.25, 0.3) is 11.0 Å². The van der Waals surface area contributed by atoms with Gasteiger partial charge < -0.3 is 9.94 Å². The topological polar surface area (TPSA) is 66.9 Å². The van der Waals surface area contributed by atoms with Crippen molar-refractivity contribution in [2.75, 3.05) is 6.61 Å². The third-order valence-corrected chi connectivity index (χ3v) is 4.62. The molecule has 1 aromatic carbocycles. The Hall–Kier alpha value is -2.47. The molecule has 0 aliphatic carbocycles. The third kappa shape index (κ3) is 5.50. The van der Waals surface area contributed by atoms with Crippen LogP contribution in [0, 0.1) is 5.21 Å². The highest BCUT2D eigenvalue weighted by Crippen LogP contribution is 2.11. The Kier molecular flexibility index (Phi) is 7.16. The normalized spacial score (nSPS) is 11.3. The van der Waals surface area contributed by atoms with Gasteiger partial charge in [-0.2, -0.15) is 0 Å². The standard InChI is InChI=1S/C21H28N4O2/c1-2-3-4-5-6-9-15-27-17-19-12-10-11-18(22-19)16-24-20-13-7-8-14-21(20)25(26)23-24/h7-8,10-14H,2-6,9,15-17H2,1H3. The van der Waals surface area contributed by atoms with Crippen molar-refractivity contribution in [1.29, 1.82) is 0 Å².